The molecule has 2 aromatic heterocycles. The van der Waals surface area contributed by atoms with Crippen LogP contribution in [0, 0.1) is 5.41 Å². The normalized spacial score (nSPS) is 21.2. The maximum Gasteiger partial charge on any atom is 0.274 e. The standard InChI is InChI=1S/C29H37N5O6S/c1-19-17-34(12-14-39-19)27-26-21(5-13-40-26)15-24(30-27)28(36)31-23-4-3-22(32-41(37,38)20(2)18-35)16-25(23)33-10-8-29(6-7-29)9-11-33/h3-5,13,15-16,19-20,32,35H,6-12,14,17-18H2,1-2H3,(H,31,36)/t19-,20-/m1/s1. The van der Waals surface area contributed by atoms with Crippen LogP contribution in [0.1, 0.15) is 50.0 Å². The summed E-state index contributed by atoms with van der Waals surface area (Å²) in [5.74, 6) is 0.247. The Morgan fingerprint density at radius 3 is 2.63 bits per heavy atom. The number of carbonyl (C=O) groups is 1. The van der Waals surface area contributed by atoms with Crippen molar-refractivity contribution in [3.8, 4) is 0 Å². The summed E-state index contributed by atoms with van der Waals surface area (Å²) in [7, 11) is -3.77. The van der Waals surface area contributed by atoms with E-state index in [4.69, 9.17) is 14.1 Å². The van der Waals surface area contributed by atoms with Crippen LogP contribution in [0.15, 0.2) is 41.0 Å². The molecule has 1 spiro atoms. The first-order valence-electron chi connectivity index (χ1n) is 14.2. The van der Waals surface area contributed by atoms with E-state index < -0.39 is 21.9 Å². The monoisotopic (exact) mass is 583 g/mol. The Morgan fingerprint density at radius 2 is 1.93 bits per heavy atom. The van der Waals surface area contributed by atoms with E-state index in [0.29, 0.717) is 47.9 Å². The predicted octanol–water partition coefficient (Wildman–Crippen LogP) is 3.81. The van der Waals surface area contributed by atoms with Gasteiger partial charge in [-0.25, -0.2) is 13.4 Å². The van der Waals surface area contributed by atoms with Gasteiger partial charge >= 0.3 is 0 Å². The lowest BCUT2D eigenvalue weighted by Gasteiger charge is -2.35. The van der Waals surface area contributed by atoms with E-state index in [1.807, 2.05) is 13.0 Å². The Hall–Kier alpha value is -3.35. The lowest BCUT2D eigenvalue weighted by Crippen LogP contribution is -2.41. The summed E-state index contributed by atoms with van der Waals surface area (Å²) >= 11 is 0. The molecule has 1 amide bonds. The zero-order chi connectivity index (χ0) is 28.8. The number of hydrogen-bond donors (Lipinski definition) is 3. The van der Waals surface area contributed by atoms with Gasteiger partial charge in [0, 0.05) is 31.6 Å². The third-order valence-corrected chi connectivity index (χ3v) is 10.3. The molecule has 2 atom stereocenters. The van der Waals surface area contributed by atoms with Gasteiger partial charge in [0.1, 0.15) is 10.9 Å². The highest BCUT2D eigenvalue weighted by Gasteiger charge is 2.44. The number of aromatic nitrogens is 1. The van der Waals surface area contributed by atoms with Crippen molar-refractivity contribution >= 4 is 49.8 Å². The fourth-order valence-corrected chi connectivity index (χ4v) is 6.56. The molecule has 2 aliphatic heterocycles. The van der Waals surface area contributed by atoms with E-state index in [9.17, 15) is 18.3 Å². The van der Waals surface area contributed by atoms with Gasteiger partial charge in [0.25, 0.3) is 5.91 Å². The van der Waals surface area contributed by atoms with E-state index in [-0.39, 0.29) is 17.7 Å². The van der Waals surface area contributed by atoms with Crippen molar-refractivity contribution in [1.29, 1.82) is 0 Å². The molecule has 4 heterocycles. The van der Waals surface area contributed by atoms with Crippen LogP contribution in [0.4, 0.5) is 22.9 Å². The molecule has 0 unspecified atom stereocenters. The molecule has 0 bridgehead atoms. The van der Waals surface area contributed by atoms with Gasteiger partial charge in [-0.05, 0) is 75.3 Å². The van der Waals surface area contributed by atoms with Crippen LogP contribution in [0.3, 0.4) is 0 Å². The second-order valence-corrected chi connectivity index (χ2v) is 13.7. The van der Waals surface area contributed by atoms with Crippen LogP contribution >= 0.6 is 0 Å². The number of piperidine rings is 1. The van der Waals surface area contributed by atoms with E-state index in [1.54, 1.807) is 30.5 Å². The minimum absolute atomic E-state index is 0.0335. The summed E-state index contributed by atoms with van der Waals surface area (Å²) in [6.45, 7) is 6.47. The number of furan rings is 1. The van der Waals surface area contributed by atoms with Gasteiger partial charge in [-0.2, -0.15) is 0 Å². The lowest BCUT2D eigenvalue weighted by molar-refractivity contribution is 0.0530. The molecule has 1 aliphatic carbocycles. The van der Waals surface area contributed by atoms with Crippen LogP contribution < -0.4 is 19.8 Å². The molecule has 3 fully saturated rings. The van der Waals surface area contributed by atoms with E-state index in [0.717, 1.165) is 37.0 Å². The lowest BCUT2D eigenvalue weighted by atomic mass is 9.93. The highest BCUT2D eigenvalue weighted by atomic mass is 32.2. The zero-order valence-electron chi connectivity index (χ0n) is 23.4. The van der Waals surface area contributed by atoms with Crippen LogP contribution in [0.2, 0.25) is 0 Å². The highest BCUT2D eigenvalue weighted by Crippen LogP contribution is 2.54. The second-order valence-electron chi connectivity index (χ2n) is 11.6. The fourth-order valence-electron chi connectivity index (χ4n) is 5.71. The number of aliphatic hydroxyl groups is 1. The Morgan fingerprint density at radius 1 is 1.15 bits per heavy atom. The number of sulfonamides is 1. The number of morpholine rings is 1. The van der Waals surface area contributed by atoms with Gasteiger partial charge in [-0.15, -0.1) is 0 Å². The molecule has 2 saturated heterocycles. The van der Waals surface area contributed by atoms with Crippen molar-refractivity contribution in [1.82, 2.24) is 4.98 Å². The summed E-state index contributed by atoms with van der Waals surface area (Å²) in [5, 5.41) is 12.3. The van der Waals surface area contributed by atoms with Crippen LogP contribution in [-0.4, -0.2) is 75.2 Å². The minimum Gasteiger partial charge on any atom is -0.460 e. The molecular formula is C29H37N5O6S. The third kappa shape index (κ3) is 5.73. The van der Waals surface area contributed by atoms with Crippen molar-refractivity contribution < 1.29 is 27.5 Å². The number of rotatable bonds is 8. The Labute approximate surface area is 239 Å². The Balaban J connectivity index is 1.30. The van der Waals surface area contributed by atoms with Gasteiger partial charge in [0.15, 0.2) is 11.4 Å². The van der Waals surface area contributed by atoms with Gasteiger partial charge in [0.2, 0.25) is 10.0 Å². The quantitative estimate of drug-likeness (QED) is 0.362. The first-order chi connectivity index (χ1) is 19.7. The zero-order valence-corrected chi connectivity index (χ0v) is 24.2. The number of carbonyl (C=O) groups excluding carboxylic acids is 1. The number of hydrogen-bond acceptors (Lipinski definition) is 9. The number of anilines is 4. The van der Waals surface area contributed by atoms with Gasteiger partial charge in [-0.1, -0.05) is 0 Å². The highest BCUT2D eigenvalue weighted by molar-refractivity contribution is 7.93. The number of fused-ring (bicyclic) bond motifs is 1. The van der Waals surface area contributed by atoms with Crippen LogP contribution in [-0.2, 0) is 14.8 Å². The Bertz CT molecular complexity index is 1540. The average Bonchev–Trinajstić information content (AvgIpc) is 3.53. The molecular weight excluding hydrogens is 546 g/mol. The second kappa shape index (κ2) is 10.8. The predicted molar refractivity (Wildman–Crippen MR) is 158 cm³/mol. The smallest absolute Gasteiger partial charge is 0.274 e. The molecule has 3 N–H and O–H groups in total. The number of ether oxygens (including phenoxy) is 1. The van der Waals surface area contributed by atoms with E-state index in [1.165, 1.54) is 19.8 Å². The van der Waals surface area contributed by atoms with Gasteiger partial charge in [-0.3, -0.25) is 9.52 Å². The number of nitrogens with zero attached hydrogens (tertiary/aromatic N) is 3. The SMILES string of the molecule is C[C@@H]1CN(c2nc(C(=O)Nc3ccc(NS(=O)(=O)[C@H](C)CO)cc3N3CCC4(CC3)CC4)cc3ccoc23)CCO1. The summed E-state index contributed by atoms with van der Waals surface area (Å²) < 4.78 is 39.3. The van der Waals surface area contributed by atoms with E-state index >= 15 is 0 Å². The first kappa shape index (κ1) is 27.8. The summed E-state index contributed by atoms with van der Waals surface area (Å²) in [4.78, 5) is 22.7. The van der Waals surface area contributed by atoms with Gasteiger partial charge < -0.3 is 29.4 Å². The molecule has 3 aromatic rings. The molecule has 12 heteroatoms. The topological polar surface area (TPSA) is 137 Å². The number of benzene rings is 1. The molecule has 3 aliphatic rings. The molecule has 6 rings (SSSR count). The summed E-state index contributed by atoms with van der Waals surface area (Å²) in [6.07, 6.45) is 6.28. The molecule has 1 aromatic carbocycles. The van der Waals surface area contributed by atoms with Crippen molar-refractivity contribution in [2.24, 2.45) is 5.41 Å². The fraction of sp³-hybridized carbons (Fsp3) is 0.517. The van der Waals surface area contributed by atoms with Crippen molar-refractivity contribution in [3.05, 3.63) is 42.3 Å². The largest absolute Gasteiger partial charge is 0.460 e. The molecule has 220 valence electrons. The number of aliphatic hydroxyl groups excluding tert-OH is 1. The minimum atomic E-state index is -3.77. The number of amides is 1. The summed E-state index contributed by atoms with van der Waals surface area (Å²) in [5.41, 5.74) is 3.05. The average molecular weight is 584 g/mol. The van der Waals surface area contributed by atoms with E-state index in [2.05, 4.69) is 19.8 Å². The van der Waals surface area contributed by atoms with Crippen molar-refractivity contribution in [2.75, 3.05) is 59.2 Å². The van der Waals surface area contributed by atoms with Crippen molar-refractivity contribution in [2.45, 2.75) is 50.9 Å². The van der Waals surface area contributed by atoms with Crippen molar-refractivity contribution in [3.63, 3.8) is 0 Å². The third-order valence-electron chi connectivity index (χ3n) is 8.61. The molecule has 0 radical (unpaired) electrons. The molecule has 11 nitrogen and oxygen atoms in total. The molecule has 41 heavy (non-hydrogen) atoms. The van der Waals surface area contributed by atoms with Gasteiger partial charge in [0.05, 0.1) is 42.6 Å². The maximum atomic E-state index is 13.7. The first-order valence-corrected chi connectivity index (χ1v) is 15.8. The maximum absolute atomic E-state index is 13.7. The number of pyridine rings is 1. The number of nitrogens with one attached hydrogen (secondary N) is 2. The van der Waals surface area contributed by atoms with Crippen LogP contribution in [0.5, 0.6) is 0 Å². The Kier molecular flexibility index (Phi) is 7.33. The van der Waals surface area contributed by atoms with Crippen LogP contribution in [0.25, 0.3) is 11.0 Å². The molecule has 1 saturated carbocycles. The summed E-state index contributed by atoms with van der Waals surface area (Å²) in [6, 6.07) is 8.65.